The molecule has 2 atom stereocenters. The van der Waals surface area contributed by atoms with E-state index in [4.69, 9.17) is 43.2 Å². The van der Waals surface area contributed by atoms with Crippen molar-refractivity contribution >= 4 is 99.0 Å². The second-order valence-corrected chi connectivity index (χ2v) is 28.9. The number of aromatic amines is 1. The highest BCUT2D eigenvalue weighted by molar-refractivity contribution is 6.76. The number of rotatable bonds is 15. The van der Waals surface area contributed by atoms with E-state index in [1.165, 1.54) is 0 Å². The number of nitriles is 2. The molecule has 80 heavy (non-hydrogen) atoms. The quantitative estimate of drug-likeness (QED) is 0.0646. The fourth-order valence-corrected chi connectivity index (χ4v) is 11.5. The van der Waals surface area contributed by atoms with Crippen LogP contribution in [0, 0.1) is 46.3 Å². The van der Waals surface area contributed by atoms with E-state index in [1.807, 2.05) is 24.3 Å². The normalized spacial score (nSPS) is 17.0. The average molecular weight is 1140 g/mol. The first-order valence-electron chi connectivity index (χ1n) is 27.2. The molecule has 2 aliphatic carbocycles. The van der Waals surface area contributed by atoms with Gasteiger partial charge in [0.1, 0.15) is 29.8 Å². The van der Waals surface area contributed by atoms with Crippen molar-refractivity contribution in [2.45, 2.75) is 95.9 Å². The molecule has 0 radical (unpaired) electrons. The second-order valence-electron chi connectivity index (χ2n) is 22.4. The summed E-state index contributed by atoms with van der Waals surface area (Å²) >= 11 is 12.3. The molecule has 0 spiro atoms. The molecule has 4 amide bonds. The fourth-order valence-electron chi connectivity index (χ4n) is 10.4. The van der Waals surface area contributed by atoms with Crippen molar-refractivity contribution in [2.24, 2.45) is 23.7 Å². The molecule has 8 heterocycles. The molecular weight excluding hydrogens is 1080 g/mol. The van der Waals surface area contributed by atoms with Crippen LogP contribution in [-0.2, 0) is 21.1 Å². The highest BCUT2D eigenvalue weighted by Crippen LogP contribution is 2.36. The van der Waals surface area contributed by atoms with Crippen LogP contribution in [0.5, 0.6) is 0 Å². The molecule has 2 saturated carbocycles. The number of amides is 4. The maximum atomic E-state index is 13.9. The number of carbonyl (C=O) groups is 4. The lowest BCUT2D eigenvalue weighted by atomic mass is 9.97. The highest BCUT2D eigenvalue weighted by atomic mass is 35.5. The van der Waals surface area contributed by atoms with Gasteiger partial charge in [-0.3, -0.25) is 19.2 Å². The molecule has 3 N–H and O–H groups in total. The Hall–Kier alpha value is -7.76. The van der Waals surface area contributed by atoms with Gasteiger partial charge in [-0.1, -0.05) is 42.8 Å². The van der Waals surface area contributed by atoms with E-state index in [1.54, 1.807) is 73.0 Å². The van der Waals surface area contributed by atoms with Gasteiger partial charge >= 0.3 is 0 Å². The number of piperidine rings is 2. The average Bonchev–Trinajstić information content (AvgIpc) is 4.34. The minimum Gasteiger partial charge on any atom is -0.361 e. The van der Waals surface area contributed by atoms with Crippen LogP contribution in [0.3, 0.4) is 0 Å². The Bertz CT molecular complexity index is 3750. The van der Waals surface area contributed by atoms with Gasteiger partial charge < -0.3 is 34.7 Å². The molecule has 0 bridgehead atoms. The molecule has 21 nitrogen and oxygen atoms in total. The maximum Gasteiger partial charge on any atom is 0.255 e. The van der Waals surface area contributed by atoms with E-state index in [0.717, 1.165) is 53.5 Å². The van der Waals surface area contributed by atoms with E-state index in [-0.39, 0.29) is 54.0 Å². The summed E-state index contributed by atoms with van der Waals surface area (Å²) < 4.78 is 11.1. The Labute approximate surface area is 471 Å². The summed E-state index contributed by atoms with van der Waals surface area (Å²) in [5, 5.41) is 36.3. The van der Waals surface area contributed by atoms with Crippen molar-refractivity contribution < 1.29 is 23.9 Å². The number of halogens is 2. The number of hydrogen-bond donors (Lipinski definition) is 3. The van der Waals surface area contributed by atoms with Gasteiger partial charge in [0.25, 0.3) is 11.8 Å². The number of H-pyrrole nitrogens is 1. The van der Waals surface area contributed by atoms with Gasteiger partial charge in [0, 0.05) is 85.9 Å². The van der Waals surface area contributed by atoms with E-state index in [2.05, 4.69) is 67.6 Å². The number of aromatic nitrogens is 10. The Morgan fingerprint density at radius 3 is 1.70 bits per heavy atom. The zero-order chi connectivity index (χ0) is 55.8. The molecule has 4 aliphatic rings. The minimum atomic E-state index is -1.28. The third-order valence-corrected chi connectivity index (χ3v) is 17.6. The summed E-state index contributed by atoms with van der Waals surface area (Å²) in [7, 11) is -1.28. The zero-order valence-corrected chi connectivity index (χ0v) is 47.1. The van der Waals surface area contributed by atoms with Crippen LogP contribution in [-0.4, -0.2) is 135 Å². The third-order valence-electron chi connectivity index (χ3n) is 15.4. The number of ether oxygens (including phenoxy) is 1. The predicted molar refractivity (Wildman–Crippen MR) is 303 cm³/mol. The molecule has 2 saturated heterocycles. The third kappa shape index (κ3) is 11.8. The number of nitrogens with zero attached hydrogens (tertiary/aromatic N) is 13. The predicted octanol–water partition coefficient (Wildman–Crippen LogP) is 8.23. The van der Waals surface area contributed by atoms with Crippen molar-refractivity contribution in [3.8, 4) is 23.8 Å². The van der Waals surface area contributed by atoms with Crippen molar-refractivity contribution in [1.82, 2.24) is 69.5 Å². The molecule has 2 aliphatic heterocycles. The molecule has 4 fully saturated rings. The summed E-state index contributed by atoms with van der Waals surface area (Å²) in [4.78, 5) is 79.4. The molecular formula is C56H60Cl2N16O5Si. The molecule has 0 unspecified atom stereocenters. The number of fused-ring (bicyclic) bond motifs is 4. The van der Waals surface area contributed by atoms with Gasteiger partial charge in [0.05, 0.1) is 59.1 Å². The van der Waals surface area contributed by atoms with Gasteiger partial charge in [-0.15, -0.1) is 0 Å². The number of benzene rings is 2. The first-order valence-corrected chi connectivity index (χ1v) is 31.6. The van der Waals surface area contributed by atoms with Crippen LogP contribution in [0.1, 0.15) is 72.1 Å². The van der Waals surface area contributed by atoms with Gasteiger partial charge in [-0.25, -0.2) is 29.3 Å². The Morgan fingerprint density at radius 1 is 0.700 bits per heavy atom. The first-order chi connectivity index (χ1) is 38.6. The van der Waals surface area contributed by atoms with Crippen LogP contribution in [0.15, 0.2) is 73.6 Å². The van der Waals surface area contributed by atoms with Crippen molar-refractivity contribution in [3.63, 3.8) is 0 Å². The Morgan fingerprint density at radius 2 is 1.20 bits per heavy atom. The van der Waals surface area contributed by atoms with Crippen LogP contribution in [0.25, 0.3) is 55.8 Å². The lowest BCUT2D eigenvalue weighted by Crippen LogP contribution is -2.51. The number of hydrogen-bond acceptors (Lipinski definition) is 13. The van der Waals surface area contributed by atoms with Gasteiger partial charge in [0.2, 0.25) is 11.8 Å². The highest BCUT2D eigenvalue weighted by Gasteiger charge is 2.42. The molecule has 6 aromatic heterocycles. The van der Waals surface area contributed by atoms with E-state index in [9.17, 15) is 24.4 Å². The van der Waals surface area contributed by atoms with Gasteiger partial charge in [-0.2, -0.15) is 20.7 Å². The molecule has 412 valence electrons. The number of carbonyl (C=O) groups excluding carboxylic acids is 4. The van der Waals surface area contributed by atoms with E-state index in [0.29, 0.717) is 114 Å². The Balaban J connectivity index is 0.000000172. The summed E-state index contributed by atoms with van der Waals surface area (Å²) in [6, 6.07) is 15.3. The van der Waals surface area contributed by atoms with Crippen molar-refractivity contribution in [3.05, 3.63) is 94.8 Å². The van der Waals surface area contributed by atoms with E-state index < -0.39 is 20.2 Å². The molecule has 12 rings (SSSR count). The van der Waals surface area contributed by atoms with Crippen LogP contribution in [0.4, 0.5) is 0 Å². The SMILES string of the molecule is C[Si](C)(C)CCOCn1cc(C(=O)N[C@@H](C(=O)N2CCC(C#N)CC2)C2CC2)c2nc(-n3ncc4cc(Cl)ccc43)cnc21.N#CC1CCN(C(=O)[C@H](NC(=O)c2c[nH]c3ncc(-n4ncc5cc(Cl)ccc54)nc23)C2CC2)CC1. The first kappa shape index (κ1) is 54.2. The van der Waals surface area contributed by atoms with Gasteiger partial charge in [0.15, 0.2) is 22.9 Å². The fraction of sp³-hybridized carbons (Fsp3) is 0.429. The monoisotopic (exact) mass is 1130 g/mol. The van der Waals surface area contributed by atoms with Crippen LogP contribution < -0.4 is 10.6 Å². The summed E-state index contributed by atoms with van der Waals surface area (Å²) in [6.07, 6.45) is 16.1. The lowest BCUT2D eigenvalue weighted by molar-refractivity contribution is -0.135. The Kier molecular flexibility index (Phi) is 15.4. The second kappa shape index (κ2) is 22.8. The minimum absolute atomic E-state index is 0.00843. The largest absolute Gasteiger partial charge is 0.361 e. The molecule has 24 heteroatoms. The van der Waals surface area contributed by atoms with Gasteiger partial charge in [-0.05, 0) is 106 Å². The topological polar surface area (TPSA) is 264 Å². The summed E-state index contributed by atoms with van der Waals surface area (Å²) in [5.41, 5.74) is 4.06. The van der Waals surface area contributed by atoms with E-state index >= 15 is 0 Å². The number of likely N-dealkylation sites (tertiary alicyclic amines) is 2. The lowest BCUT2D eigenvalue weighted by Gasteiger charge is -2.32. The number of nitrogens with one attached hydrogen (secondary N) is 3. The zero-order valence-electron chi connectivity index (χ0n) is 44.6. The summed E-state index contributed by atoms with van der Waals surface area (Å²) in [6.45, 7) is 9.88. The van der Waals surface area contributed by atoms with Crippen molar-refractivity contribution in [2.75, 3.05) is 32.8 Å². The standard InChI is InChI=1S/C31H37ClN8O3Si.C25H23ClN8O2/c1-44(2,3)13-12-43-19-39-18-24(30(41)37-27(21-4-5-21)31(42)38-10-8-20(15-33)9-11-38)28-29(39)34-17-26(36-28)40-25-7-6-23(32)14-22(25)16-35-40;26-17-3-4-19-16(9-17)11-30-34(19)20-13-29-23-22(31-20)18(12-28-23)24(35)32-21(15-1-2-15)25(36)33-7-5-14(10-27)6-8-33/h6-7,14,16-18,20-21,27H,4-5,8-13,19H2,1-3H3,(H,37,41);3-4,9,11-15,21H,1-2,5-8H2,(H,28,29)(H,32,35)/t27-;21-/m11/s1. The smallest absolute Gasteiger partial charge is 0.255 e. The molecule has 2 aromatic carbocycles. The molecule has 8 aromatic rings. The maximum absolute atomic E-state index is 13.9. The summed E-state index contributed by atoms with van der Waals surface area (Å²) in [5.74, 6) is 0.208. The van der Waals surface area contributed by atoms with Crippen molar-refractivity contribution in [1.29, 1.82) is 10.5 Å². The van der Waals surface area contributed by atoms with Crippen LogP contribution in [0.2, 0.25) is 35.7 Å². The van der Waals surface area contributed by atoms with Crippen LogP contribution >= 0.6 is 23.2 Å².